The van der Waals surface area contributed by atoms with Gasteiger partial charge in [0.05, 0.1) is 0 Å². The van der Waals surface area contributed by atoms with Crippen molar-refractivity contribution < 1.29 is 4.57 Å². The standard InChI is InChI=1S/C21H18N/c1-15-3-4-17-12-18(6-5-16(17)11-15)19-7-8-21-14-22(2)10-9-20(21)13-19/h3-14H,1-2H3/q+1. The highest BCUT2D eigenvalue weighted by molar-refractivity contribution is 5.91. The molecule has 0 N–H and O–H groups in total. The minimum Gasteiger partial charge on any atom is -0.207 e. The third-order valence-electron chi connectivity index (χ3n) is 4.25. The van der Waals surface area contributed by atoms with Gasteiger partial charge in [-0.25, -0.2) is 4.57 Å². The summed E-state index contributed by atoms with van der Waals surface area (Å²) in [5.41, 5.74) is 3.84. The molecule has 0 saturated carbocycles. The van der Waals surface area contributed by atoms with Crippen molar-refractivity contribution >= 4 is 21.5 Å². The molecule has 0 bridgehead atoms. The molecule has 0 fully saturated rings. The number of aromatic nitrogens is 1. The van der Waals surface area contributed by atoms with Crippen molar-refractivity contribution in [3.63, 3.8) is 0 Å². The van der Waals surface area contributed by atoms with E-state index in [-0.39, 0.29) is 0 Å². The maximum absolute atomic E-state index is 2.28. The van der Waals surface area contributed by atoms with Crippen LogP contribution in [0.25, 0.3) is 32.7 Å². The van der Waals surface area contributed by atoms with Gasteiger partial charge < -0.3 is 0 Å². The SMILES string of the molecule is Cc1ccc2cc(-c3ccc4c[n+](C)ccc4c3)ccc2c1. The van der Waals surface area contributed by atoms with Crippen molar-refractivity contribution in [3.8, 4) is 11.1 Å². The Morgan fingerprint density at radius 2 is 1.23 bits per heavy atom. The molecule has 0 amide bonds. The van der Waals surface area contributed by atoms with Crippen molar-refractivity contribution in [2.75, 3.05) is 0 Å². The summed E-state index contributed by atoms with van der Waals surface area (Å²) < 4.78 is 2.08. The van der Waals surface area contributed by atoms with E-state index in [0.717, 1.165) is 0 Å². The molecule has 0 spiro atoms. The van der Waals surface area contributed by atoms with Crippen LogP contribution in [0.3, 0.4) is 0 Å². The summed E-state index contributed by atoms with van der Waals surface area (Å²) in [5.74, 6) is 0. The van der Waals surface area contributed by atoms with Gasteiger partial charge in [-0.1, -0.05) is 42.0 Å². The van der Waals surface area contributed by atoms with Gasteiger partial charge in [-0.15, -0.1) is 0 Å². The molecule has 0 aliphatic carbocycles. The Morgan fingerprint density at radius 3 is 2.00 bits per heavy atom. The average Bonchev–Trinajstić information content (AvgIpc) is 2.54. The van der Waals surface area contributed by atoms with Crippen LogP contribution in [0.5, 0.6) is 0 Å². The largest absolute Gasteiger partial charge is 0.207 e. The molecule has 0 saturated heterocycles. The highest BCUT2D eigenvalue weighted by atomic mass is 14.9. The molecule has 0 unspecified atom stereocenters. The second-order valence-corrected chi connectivity index (χ2v) is 6.02. The molecular formula is C21H18N+. The molecule has 4 aromatic rings. The average molecular weight is 284 g/mol. The molecule has 1 nitrogen and oxygen atoms in total. The minimum atomic E-state index is 1.27. The zero-order valence-electron chi connectivity index (χ0n) is 12.9. The van der Waals surface area contributed by atoms with Crippen LogP contribution in [0.1, 0.15) is 5.56 Å². The highest BCUT2D eigenvalue weighted by Gasteiger charge is 2.04. The maximum Gasteiger partial charge on any atom is 0.176 e. The van der Waals surface area contributed by atoms with Gasteiger partial charge >= 0.3 is 0 Å². The van der Waals surface area contributed by atoms with Gasteiger partial charge in [0.2, 0.25) is 0 Å². The van der Waals surface area contributed by atoms with Crippen LogP contribution in [0.4, 0.5) is 0 Å². The lowest BCUT2D eigenvalue weighted by Crippen LogP contribution is -2.25. The van der Waals surface area contributed by atoms with Gasteiger partial charge in [-0.3, -0.25) is 0 Å². The fourth-order valence-electron chi connectivity index (χ4n) is 3.02. The summed E-state index contributed by atoms with van der Waals surface area (Å²) in [5, 5.41) is 5.14. The first-order valence-electron chi connectivity index (χ1n) is 7.59. The zero-order chi connectivity index (χ0) is 15.1. The van der Waals surface area contributed by atoms with Gasteiger partial charge in [0.1, 0.15) is 7.05 Å². The molecule has 1 aromatic heterocycles. The summed E-state index contributed by atoms with van der Waals surface area (Å²) in [6.07, 6.45) is 4.25. The topological polar surface area (TPSA) is 3.88 Å². The second kappa shape index (κ2) is 4.96. The first-order valence-corrected chi connectivity index (χ1v) is 7.59. The minimum absolute atomic E-state index is 1.27. The van der Waals surface area contributed by atoms with E-state index in [0.29, 0.717) is 0 Å². The number of benzene rings is 3. The first-order chi connectivity index (χ1) is 10.7. The molecule has 0 radical (unpaired) electrons. The fraction of sp³-hybridized carbons (Fsp3) is 0.0952. The second-order valence-electron chi connectivity index (χ2n) is 6.02. The number of nitrogens with zero attached hydrogens (tertiary/aromatic N) is 1. The summed E-state index contributed by atoms with van der Waals surface area (Å²) >= 11 is 0. The zero-order valence-corrected chi connectivity index (χ0v) is 12.9. The van der Waals surface area contributed by atoms with E-state index in [1.165, 1.54) is 38.2 Å². The lowest BCUT2D eigenvalue weighted by atomic mass is 9.98. The third-order valence-corrected chi connectivity index (χ3v) is 4.25. The van der Waals surface area contributed by atoms with Crippen LogP contribution in [-0.2, 0) is 7.05 Å². The Bertz CT molecular complexity index is 916. The normalized spacial score (nSPS) is 11.2. The predicted molar refractivity (Wildman–Crippen MR) is 92.8 cm³/mol. The number of rotatable bonds is 1. The first kappa shape index (κ1) is 13.0. The van der Waals surface area contributed by atoms with Crippen LogP contribution in [-0.4, -0.2) is 0 Å². The maximum atomic E-state index is 2.28. The van der Waals surface area contributed by atoms with Crippen molar-refractivity contribution in [1.29, 1.82) is 0 Å². The molecule has 1 heterocycles. The van der Waals surface area contributed by atoms with Crippen molar-refractivity contribution in [3.05, 3.63) is 78.6 Å². The molecule has 0 atom stereocenters. The van der Waals surface area contributed by atoms with Crippen LogP contribution < -0.4 is 4.57 Å². The monoisotopic (exact) mass is 284 g/mol. The molecule has 22 heavy (non-hydrogen) atoms. The molecule has 0 aliphatic rings. The van der Waals surface area contributed by atoms with Gasteiger partial charge in [-0.05, 0) is 52.4 Å². The lowest BCUT2D eigenvalue weighted by molar-refractivity contribution is -0.670. The van der Waals surface area contributed by atoms with E-state index in [2.05, 4.69) is 91.6 Å². The summed E-state index contributed by atoms with van der Waals surface area (Å²) in [7, 11) is 2.05. The summed E-state index contributed by atoms with van der Waals surface area (Å²) in [6, 6.07) is 22.2. The number of hydrogen-bond donors (Lipinski definition) is 0. The third kappa shape index (κ3) is 2.25. The number of pyridine rings is 1. The fourth-order valence-corrected chi connectivity index (χ4v) is 3.02. The molecule has 106 valence electrons. The van der Waals surface area contributed by atoms with Gasteiger partial charge in [0.25, 0.3) is 0 Å². The summed E-state index contributed by atoms with van der Waals surface area (Å²) in [4.78, 5) is 0. The molecule has 0 aliphatic heterocycles. The molecule has 3 aromatic carbocycles. The molecular weight excluding hydrogens is 266 g/mol. The Balaban J connectivity index is 1.87. The van der Waals surface area contributed by atoms with Crippen LogP contribution in [0, 0.1) is 6.92 Å². The lowest BCUT2D eigenvalue weighted by Gasteiger charge is -2.06. The Labute approximate surface area is 130 Å². The van der Waals surface area contributed by atoms with Gasteiger partial charge in [0.15, 0.2) is 12.4 Å². The van der Waals surface area contributed by atoms with Crippen molar-refractivity contribution in [1.82, 2.24) is 0 Å². The smallest absolute Gasteiger partial charge is 0.176 e. The van der Waals surface area contributed by atoms with Crippen LogP contribution in [0.2, 0.25) is 0 Å². The van der Waals surface area contributed by atoms with E-state index in [4.69, 9.17) is 0 Å². The van der Waals surface area contributed by atoms with Crippen molar-refractivity contribution in [2.24, 2.45) is 7.05 Å². The van der Waals surface area contributed by atoms with Crippen molar-refractivity contribution in [2.45, 2.75) is 6.92 Å². The van der Waals surface area contributed by atoms with E-state index in [9.17, 15) is 0 Å². The quantitative estimate of drug-likeness (QED) is 0.442. The van der Waals surface area contributed by atoms with E-state index in [1.54, 1.807) is 0 Å². The number of aryl methyl sites for hydroxylation is 2. The number of fused-ring (bicyclic) bond motifs is 2. The van der Waals surface area contributed by atoms with Crippen LogP contribution >= 0.6 is 0 Å². The van der Waals surface area contributed by atoms with E-state index < -0.39 is 0 Å². The molecule has 4 rings (SSSR count). The number of hydrogen-bond acceptors (Lipinski definition) is 0. The summed E-state index contributed by atoms with van der Waals surface area (Å²) in [6.45, 7) is 2.14. The Hall–Kier alpha value is -2.67. The van der Waals surface area contributed by atoms with Crippen LogP contribution in [0.15, 0.2) is 73.1 Å². The Morgan fingerprint density at radius 1 is 0.636 bits per heavy atom. The highest BCUT2D eigenvalue weighted by Crippen LogP contribution is 2.27. The van der Waals surface area contributed by atoms with Gasteiger partial charge in [-0.2, -0.15) is 0 Å². The predicted octanol–water partition coefficient (Wildman–Crippen LogP) is 4.79. The van der Waals surface area contributed by atoms with Gasteiger partial charge in [0, 0.05) is 11.5 Å². The Kier molecular flexibility index (Phi) is 2.93. The molecule has 1 heteroatoms. The van der Waals surface area contributed by atoms with E-state index in [1.807, 2.05) is 0 Å². The van der Waals surface area contributed by atoms with E-state index >= 15 is 0 Å².